The SMILES string of the molecule is C=CCN(CCN1CCOCC1)C(=O)[C@H]1N([C@H](CO)c2ccccc2)C(=O)[C@@H]2[C@@H](C(=O)O)[C@H]3CC[C@]21O3. The average Bonchev–Trinajstić information content (AvgIpc) is 3.56. The number of carbonyl (C=O) groups excluding carboxylic acids is 2. The molecule has 37 heavy (non-hydrogen) atoms. The fourth-order valence-corrected chi connectivity index (χ4v) is 6.72. The van der Waals surface area contributed by atoms with Gasteiger partial charge in [-0.2, -0.15) is 0 Å². The molecule has 1 aromatic rings. The third kappa shape index (κ3) is 4.35. The van der Waals surface area contributed by atoms with Gasteiger partial charge in [0.1, 0.15) is 11.6 Å². The van der Waals surface area contributed by atoms with E-state index in [1.165, 1.54) is 4.90 Å². The number of rotatable bonds is 10. The van der Waals surface area contributed by atoms with Crippen LogP contribution in [-0.2, 0) is 23.9 Å². The second kappa shape index (κ2) is 10.5. The minimum Gasteiger partial charge on any atom is -0.481 e. The Balaban J connectivity index is 1.52. The number of nitrogens with zero attached hydrogens (tertiary/aromatic N) is 3. The van der Waals surface area contributed by atoms with Crippen molar-refractivity contribution in [1.82, 2.24) is 14.7 Å². The Morgan fingerprint density at radius 3 is 2.62 bits per heavy atom. The highest BCUT2D eigenvalue weighted by Crippen LogP contribution is 2.59. The fraction of sp³-hybridized carbons (Fsp3) is 0.593. The number of carbonyl (C=O) groups is 3. The number of fused-ring (bicyclic) bond motifs is 1. The molecule has 0 radical (unpaired) electrons. The molecule has 4 aliphatic heterocycles. The lowest BCUT2D eigenvalue weighted by Crippen LogP contribution is -2.58. The van der Waals surface area contributed by atoms with Crippen LogP contribution in [0, 0.1) is 11.8 Å². The van der Waals surface area contributed by atoms with Crippen LogP contribution in [-0.4, -0.2) is 113 Å². The van der Waals surface area contributed by atoms with E-state index in [0.717, 1.165) is 13.1 Å². The fourth-order valence-electron chi connectivity index (χ4n) is 6.72. The van der Waals surface area contributed by atoms with Crippen molar-refractivity contribution in [2.45, 2.75) is 36.6 Å². The van der Waals surface area contributed by atoms with Crippen molar-refractivity contribution in [3.63, 3.8) is 0 Å². The predicted octanol–water partition coefficient (Wildman–Crippen LogP) is 0.526. The highest BCUT2D eigenvalue weighted by Gasteiger charge is 2.75. The van der Waals surface area contributed by atoms with Crippen molar-refractivity contribution in [3.8, 4) is 0 Å². The number of hydrogen-bond donors (Lipinski definition) is 2. The quantitative estimate of drug-likeness (QED) is 0.435. The second-order valence-corrected chi connectivity index (χ2v) is 10.3. The van der Waals surface area contributed by atoms with Gasteiger partial charge in [-0.25, -0.2) is 0 Å². The van der Waals surface area contributed by atoms with Crippen LogP contribution in [0.4, 0.5) is 0 Å². The number of ether oxygens (including phenoxy) is 2. The second-order valence-electron chi connectivity index (χ2n) is 10.3. The van der Waals surface area contributed by atoms with Gasteiger partial charge in [0.2, 0.25) is 11.8 Å². The molecule has 0 aliphatic carbocycles. The minimum absolute atomic E-state index is 0.281. The van der Waals surface area contributed by atoms with E-state index in [2.05, 4.69) is 11.5 Å². The van der Waals surface area contributed by atoms with Crippen LogP contribution in [0.1, 0.15) is 24.4 Å². The van der Waals surface area contributed by atoms with Crippen molar-refractivity contribution in [3.05, 3.63) is 48.6 Å². The van der Waals surface area contributed by atoms with Gasteiger partial charge in [0.05, 0.1) is 43.8 Å². The number of aliphatic carboxylic acids is 1. The van der Waals surface area contributed by atoms with E-state index in [0.29, 0.717) is 44.7 Å². The van der Waals surface area contributed by atoms with Crippen molar-refractivity contribution in [2.24, 2.45) is 11.8 Å². The van der Waals surface area contributed by atoms with Gasteiger partial charge in [-0.05, 0) is 18.4 Å². The van der Waals surface area contributed by atoms with Crippen LogP contribution in [0.5, 0.6) is 0 Å². The largest absolute Gasteiger partial charge is 0.481 e. The summed E-state index contributed by atoms with van der Waals surface area (Å²) >= 11 is 0. The Morgan fingerprint density at radius 2 is 1.97 bits per heavy atom. The van der Waals surface area contributed by atoms with Crippen LogP contribution in [0.15, 0.2) is 43.0 Å². The molecule has 2 N–H and O–H groups in total. The van der Waals surface area contributed by atoms with E-state index in [-0.39, 0.29) is 12.5 Å². The van der Waals surface area contributed by atoms with E-state index in [4.69, 9.17) is 9.47 Å². The zero-order valence-corrected chi connectivity index (χ0v) is 20.9. The van der Waals surface area contributed by atoms with Gasteiger partial charge in [-0.3, -0.25) is 19.3 Å². The number of benzene rings is 1. The van der Waals surface area contributed by atoms with Gasteiger partial charge in [0.25, 0.3) is 0 Å². The van der Waals surface area contributed by atoms with Crippen LogP contribution < -0.4 is 0 Å². The normalized spacial score (nSPS) is 31.8. The molecule has 10 nitrogen and oxygen atoms in total. The number of morpholine rings is 1. The number of aliphatic hydroxyl groups excluding tert-OH is 1. The van der Waals surface area contributed by atoms with Crippen LogP contribution >= 0.6 is 0 Å². The molecule has 0 aromatic heterocycles. The smallest absolute Gasteiger partial charge is 0.310 e. The Bertz CT molecular complexity index is 1030. The molecule has 4 saturated heterocycles. The first-order valence-corrected chi connectivity index (χ1v) is 13.0. The maximum Gasteiger partial charge on any atom is 0.310 e. The predicted molar refractivity (Wildman–Crippen MR) is 132 cm³/mol. The third-order valence-electron chi connectivity index (χ3n) is 8.40. The first-order valence-electron chi connectivity index (χ1n) is 13.0. The van der Waals surface area contributed by atoms with Gasteiger partial charge in [0.15, 0.2) is 0 Å². The van der Waals surface area contributed by atoms with Crippen LogP contribution in [0.2, 0.25) is 0 Å². The molecule has 4 fully saturated rings. The van der Waals surface area contributed by atoms with E-state index in [1.807, 2.05) is 18.2 Å². The lowest BCUT2D eigenvalue weighted by Gasteiger charge is -2.40. The highest BCUT2D eigenvalue weighted by atomic mass is 16.5. The number of aliphatic hydroxyl groups is 1. The Labute approximate surface area is 216 Å². The summed E-state index contributed by atoms with van der Waals surface area (Å²) < 4.78 is 11.7. The monoisotopic (exact) mass is 513 g/mol. The molecule has 0 unspecified atom stereocenters. The van der Waals surface area contributed by atoms with Crippen molar-refractivity contribution >= 4 is 17.8 Å². The first-order chi connectivity index (χ1) is 17.9. The molecule has 5 rings (SSSR count). The molecule has 200 valence electrons. The summed E-state index contributed by atoms with van der Waals surface area (Å²) in [5, 5.41) is 20.5. The summed E-state index contributed by atoms with van der Waals surface area (Å²) in [5.41, 5.74) is -0.555. The Morgan fingerprint density at radius 1 is 1.24 bits per heavy atom. The lowest BCUT2D eigenvalue weighted by atomic mass is 9.70. The third-order valence-corrected chi connectivity index (χ3v) is 8.40. The molecular weight excluding hydrogens is 478 g/mol. The van der Waals surface area contributed by atoms with Gasteiger partial charge in [-0.15, -0.1) is 6.58 Å². The minimum atomic E-state index is -1.23. The highest BCUT2D eigenvalue weighted by molar-refractivity contribution is 5.98. The van der Waals surface area contributed by atoms with E-state index in [9.17, 15) is 24.6 Å². The summed E-state index contributed by atoms with van der Waals surface area (Å²) in [4.78, 5) is 46.0. The van der Waals surface area contributed by atoms with E-state index in [1.54, 1.807) is 23.1 Å². The number of likely N-dealkylation sites (tertiary alicyclic amines) is 1. The molecule has 4 aliphatic rings. The van der Waals surface area contributed by atoms with Gasteiger partial charge < -0.3 is 29.5 Å². The van der Waals surface area contributed by atoms with Crippen LogP contribution in [0.25, 0.3) is 0 Å². The standard InChI is InChI=1S/C27H35N3O7/c1-2-10-29(12-11-28-13-15-36-16-14-28)25(33)23-27-9-8-20(37-27)21(26(34)35)22(27)24(32)30(23)19(17-31)18-6-4-3-5-7-18/h2-7,19-23,31H,1,8-17H2,(H,34,35)/t19-,20-,21+,22+,23-,27+/m1/s1. The molecule has 10 heteroatoms. The van der Waals surface area contributed by atoms with Gasteiger partial charge >= 0.3 is 5.97 Å². The van der Waals surface area contributed by atoms with Crippen molar-refractivity contribution in [2.75, 3.05) is 52.5 Å². The number of carboxylic acid groups (broad SMARTS) is 1. The summed E-state index contributed by atoms with van der Waals surface area (Å²) in [6.45, 7) is 7.62. The summed E-state index contributed by atoms with van der Waals surface area (Å²) in [6.07, 6.45) is 1.95. The van der Waals surface area contributed by atoms with Crippen molar-refractivity contribution < 1.29 is 34.1 Å². The summed E-state index contributed by atoms with van der Waals surface area (Å²) in [7, 11) is 0. The van der Waals surface area contributed by atoms with Gasteiger partial charge in [-0.1, -0.05) is 36.4 Å². The zero-order valence-electron chi connectivity index (χ0n) is 20.9. The molecule has 2 bridgehead atoms. The average molecular weight is 514 g/mol. The van der Waals surface area contributed by atoms with E-state index >= 15 is 0 Å². The number of amides is 2. The molecule has 1 spiro atoms. The van der Waals surface area contributed by atoms with Gasteiger partial charge in [0, 0.05) is 32.7 Å². The number of hydrogen-bond acceptors (Lipinski definition) is 7. The molecule has 1 aromatic carbocycles. The summed E-state index contributed by atoms with van der Waals surface area (Å²) in [5.74, 6) is -3.82. The maximum absolute atomic E-state index is 14.3. The lowest BCUT2D eigenvalue weighted by molar-refractivity contribution is -0.153. The first kappa shape index (κ1) is 25.8. The maximum atomic E-state index is 14.3. The van der Waals surface area contributed by atoms with E-state index < -0.39 is 54.1 Å². The molecule has 0 saturated carbocycles. The summed E-state index contributed by atoms with van der Waals surface area (Å²) in [6, 6.07) is 7.21. The molecular formula is C27H35N3O7. The Hall–Kier alpha value is -2.79. The number of carboxylic acids is 1. The van der Waals surface area contributed by atoms with Crippen molar-refractivity contribution in [1.29, 1.82) is 0 Å². The van der Waals surface area contributed by atoms with Crippen LogP contribution in [0.3, 0.4) is 0 Å². The zero-order chi connectivity index (χ0) is 26.2. The molecule has 4 heterocycles. The molecule has 6 atom stereocenters. The Kier molecular flexibility index (Phi) is 7.35. The molecule has 2 amide bonds. The topological polar surface area (TPSA) is 120 Å².